The molecule has 1 aliphatic heterocycles. The van der Waals surface area contributed by atoms with Gasteiger partial charge in [-0.15, -0.1) is 0 Å². The highest BCUT2D eigenvalue weighted by atomic mass is 19.5. The first-order valence-corrected chi connectivity index (χ1v) is 6.55. The molecule has 1 aliphatic rings. The van der Waals surface area contributed by atoms with E-state index in [0.717, 1.165) is 0 Å². The average Bonchev–Trinajstić information content (AvgIpc) is 2.62. The largest absolute Gasteiger partial charge is 0.673 e. The van der Waals surface area contributed by atoms with Gasteiger partial charge >= 0.3 is 7.25 Å². The van der Waals surface area contributed by atoms with Crippen LogP contribution in [-0.2, 0) is 0 Å². The molecule has 0 aromatic rings. The van der Waals surface area contributed by atoms with Crippen LogP contribution in [0.4, 0.5) is 17.3 Å². The third-order valence-corrected chi connectivity index (χ3v) is 3.20. The zero-order valence-corrected chi connectivity index (χ0v) is 10.9. The number of unbranched alkanes of at least 4 members (excludes halogenated alkanes) is 1. The lowest BCUT2D eigenvalue weighted by molar-refractivity contribution is -0.917. The zero-order valence-electron chi connectivity index (χ0n) is 10.9. The third kappa shape index (κ3) is 9.45. The van der Waals surface area contributed by atoms with Crippen LogP contribution in [-0.4, -0.2) is 37.9 Å². The normalized spacial score (nSPS) is 18.7. The van der Waals surface area contributed by atoms with Gasteiger partial charge in [-0.3, -0.25) is 0 Å². The Morgan fingerprint density at radius 3 is 1.71 bits per heavy atom. The lowest BCUT2D eigenvalue weighted by Gasteiger charge is -2.34. The Morgan fingerprint density at radius 1 is 0.882 bits per heavy atom. The molecule has 1 heterocycles. The monoisotopic (exact) mass is 257 g/mol. The van der Waals surface area contributed by atoms with E-state index in [-0.39, 0.29) is 0 Å². The van der Waals surface area contributed by atoms with E-state index in [0.29, 0.717) is 0 Å². The Kier molecular flexibility index (Phi) is 7.83. The minimum absolute atomic E-state index is 1.36. The van der Waals surface area contributed by atoms with Crippen molar-refractivity contribution in [1.29, 1.82) is 0 Å². The molecule has 6 heteroatoms. The van der Waals surface area contributed by atoms with E-state index in [1.165, 1.54) is 62.8 Å². The van der Waals surface area contributed by atoms with Crippen molar-refractivity contribution in [3.63, 3.8) is 0 Å². The van der Waals surface area contributed by atoms with Gasteiger partial charge in [-0.2, -0.15) is 0 Å². The number of rotatable bonds is 5. The molecule has 0 radical (unpaired) electrons. The zero-order chi connectivity index (χ0) is 13.4. The summed E-state index contributed by atoms with van der Waals surface area (Å²) in [5.74, 6) is 0. The van der Waals surface area contributed by atoms with Gasteiger partial charge in [0.1, 0.15) is 0 Å². The van der Waals surface area contributed by atoms with Gasteiger partial charge in [-0.25, -0.2) is 0 Å². The quantitative estimate of drug-likeness (QED) is 0.395. The van der Waals surface area contributed by atoms with Gasteiger partial charge in [0.15, 0.2) is 0 Å². The Bertz CT molecular complexity index is 184. The van der Waals surface area contributed by atoms with E-state index < -0.39 is 7.25 Å². The Hall–Kier alpha value is -0.255. The first kappa shape index (κ1) is 16.7. The second kappa shape index (κ2) is 7.95. The van der Waals surface area contributed by atoms with Crippen LogP contribution < -0.4 is 0 Å². The van der Waals surface area contributed by atoms with Crippen molar-refractivity contribution < 1.29 is 21.7 Å². The molecule has 0 unspecified atom stereocenters. The SMILES string of the molecule is CCCC[N+]1(CCC)CCCC1.F[B-](F)(F)F. The number of nitrogens with zero attached hydrogens (tertiary/aromatic N) is 1. The molecule has 0 aromatic heterocycles. The fourth-order valence-corrected chi connectivity index (χ4v) is 2.53. The molecule has 104 valence electrons. The fraction of sp³-hybridized carbons (Fsp3) is 1.00. The lowest BCUT2D eigenvalue weighted by atomic mass is 10.2. The molecule has 0 bridgehead atoms. The van der Waals surface area contributed by atoms with Gasteiger partial charge in [-0.05, 0) is 12.8 Å². The highest BCUT2D eigenvalue weighted by Gasteiger charge is 2.29. The average molecular weight is 257 g/mol. The summed E-state index contributed by atoms with van der Waals surface area (Å²) in [6.07, 6.45) is 7.11. The number of likely N-dealkylation sites (tertiary alicyclic amines) is 1. The van der Waals surface area contributed by atoms with Crippen LogP contribution in [0.2, 0.25) is 0 Å². The van der Waals surface area contributed by atoms with E-state index in [2.05, 4.69) is 13.8 Å². The third-order valence-electron chi connectivity index (χ3n) is 3.20. The van der Waals surface area contributed by atoms with Crippen LogP contribution in [0.15, 0.2) is 0 Å². The van der Waals surface area contributed by atoms with Crippen LogP contribution >= 0.6 is 0 Å². The van der Waals surface area contributed by atoms with E-state index >= 15 is 0 Å². The molecular weight excluding hydrogens is 233 g/mol. The summed E-state index contributed by atoms with van der Waals surface area (Å²) in [7, 11) is -6.00. The molecule has 1 fully saturated rings. The molecule has 0 aromatic carbocycles. The van der Waals surface area contributed by atoms with Gasteiger partial charge < -0.3 is 21.7 Å². The molecule has 0 N–H and O–H groups in total. The molecule has 1 nitrogen and oxygen atoms in total. The summed E-state index contributed by atoms with van der Waals surface area (Å²) in [6.45, 7) is 10.4. The summed E-state index contributed by atoms with van der Waals surface area (Å²) >= 11 is 0. The van der Waals surface area contributed by atoms with Gasteiger partial charge in [0, 0.05) is 12.8 Å². The number of quaternary nitrogens is 1. The van der Waals surface area contributed by atoms with Crippen LogP contribution in [0.3, 0.4) is 0 Å². The maximum absolute atomic E-state index is 9.75. The molecule has 17 heavy (non-hydrogen) atoms. The van der Waals surface area contributed by atoms with Gasteiger partial charge in [0.05, 0.1) is 26.2 Å². The summed E-state index contributed by atoms with van der Waals surface area (Å²) in [6, 6.07) is 0. The van der Waals surface area contributed by atoms with E-state index in [1.807, 2.05) is 0 Å². The number of hydrogen-bond donors (Lipinski definition) is 0. The molecule has 0 aliphatic carbocycles. The Morgan fingerprint density at radius 2 is 1.35 bits per heavy atom. The van der Waals surface area contributed by atoms with Crippen LogP contribution in [0.1, 0.15) is 46.0 Å². The molecule has 0 saturated carbocycles. The summed E-state index contributed by atoms with van der Waals surface area (Å²) < 4.78 is 40.4. The second-order valence-electron chi connectivity index (χ2n) is 4.79. The molecule has 0 amide bonds. The number of halogens is 4. The summed E-state index contributed by atoms with van der Waals surface area (Å²) in [4.78, 5) is 0. The van der Waals surface area contributed by atoms with Crippen LogP contribution in [0.25, 0.3) is 0 Å². The van der Waals surface area contributed by atoms with E-state index in [4.69, 9.17) is 0 Å². The lowest BCUT2D eigenvalue weighted by Crippen LogP contribution is -2.46. The van der Waals surface area contributed by atoms with Crippen LogP contribution in [0, 0.1) is 0 Å². The first-order valence-electron chi connectivity index (χ1n) is 6.55. The Balaban J connectivity index is 0.000000437. The van der Waals surface area contributed by atoms with Gasteiger partial charge in [-0.1, -0.05) is 20.3 Å². The predicted octanol–water partition coefficient (Wildman–Crippen LogP) is 4.11. The van der Waals surface area contributed by atoms with Gasteiger partial charge in [0.2, 0.25) is 0 Å². The molecule has 1 rings (SSSR count). The molecule has 0 atom stereocenters. The van der Waals surface area contributed by atoms with Crippen LogP contribution in [0.5, 0.6) is 0 Å². The smallest absolute Gasteiger partial charge is 0.418 e. The molecular formula is C11H24BF4N. The maximum Gasteiger partial charge on any atom is 0.673 e. The van der Waals surface area contributed by atoms with Crippen molar-refractivity contribution >= 4 is 7.25 Å². The van der Waals surface area contributed by atoms with Crippen molar-refractivity contribution in [1.82, 2.24) is 0 Å². The topological polar surface area (TPSA) is 0 Å². The van der Waals surface area contributed by atoms with Crippen molar-refractivity contribution in [3.8, 4) is 0 Å². The minimum atomic E-state index is -6.00. The summed E-state index contributed by atoms with van der Waals surface area (Å²) in [5, 5.41) is 0. The molecule has 1 saturated heterocycles. The predicted molar refractivity (Wildman–Crippen MR) is 64.3 cm³/mol. The standard InChI is InChI=1S/C11H24N.BF4/c1-3-5-9-12(8-4-2)10-6-7-11-12;2-1(3,4)5/h3-11H2,1-2H3;/q+1;-1. The Labute approximate surface area is 102 Å². The summed E-state index contributed by atoms with van der Waals surface area (Å²) in [5.41, 5.74) is 0. The fourth-order valence-electron chi connectivity index (χ4n) is 2.53. The van der Waals surface area contributed by atoms with Crippen molar-refractivity contribution in [2.75, 3.05) is 26.2 Å². The number of hydrogen-bond acceptors (Lipinski definition) is 0. The highest BCUT2D eigenvalue weighted by Crippen LogP contribution is 2.20. The maximum atomic E-state index is 9.75. The highest BCUT2D eigenvalue weighted by molar-refractivity contribution is 6.50. The molecule has 0 spiro atoms. The van der Waals surface area contributed by atoms with Crippen molar-refractivity contribution in [3.05, 3.63) is 0 Å². The van der Waals surface area contributed by atoms with Gasteiger partial charge in [0.25, 0.3) is 0 Å². The van der Waals surface area contributed by atoms with E-state index in [1.54, 1.807) is 0 Å². The second-order valence-corrected chi connectivity index (χ2v) is 4.79. The first-order chi connectivity index (χ1) is 7.83. The minimum Gasteiger partial charge on any atom is -0.418 e. The van der Waals surface area contributed by atoms with Crippen molar-refractivity contribution in [2.24, 2.45) is 0 Å². The van der Waals surface area contributed by atoms with E-state index in [9.17, 15) is 17.3 Å². The van der Waals surface area contributed by atoms with Crippen molar-refractivity contribution in [2.45, 2.75) is 46.0 Å².